The molecule has 1 aromatic carbocycles. The molecule has 3 N–H and O–H groups in total. The summed E-state index contributed by atoms with van der Waals surface area (Å²) in [5.41, 5.74) is 12.2. The highest BCUT2D eigenvalue weighted by Crippen LogP contribution is 2.29. The number of aromatic nitrogens is 3. The van der Waals surface area contributed by atoms with E-state index >= 15 is 0 Å². The number of fused-ring (bicyclic) bond motifs is 1. The fraction of sp³-hybridized carbons (Fsp3) is 0.400. The molecule has 0 unspecified atom stereocenters. The van der Waals surface area contributed by atoms with Crippen molar-refractivity contribution in [2.75, 3.05) is 5.73 Å². The molecule has 2 rings (SSSR count). The molecule has 0 saturated carbocycles. The molecule has 0 aliphatic rings. The van der Waals surface area contributed by atoms with Gasteiger partial charge in [0.15, 0.2) is 0 Å². The van der Waals surface area contributed by atoms with Crippen molar-refractivity contribution in [3.8, 4) is 0 Å². The number of aromatic amines is 1. The number of nitrogen functional groups attached to an aromatic ring is 1. The third-order valence-electron chi connectivity index (χ3n) is 2.85. The zero-order valence-corrected chi connectivity index (χ0v) is 8.68. The molecule has 0 saturated heterocycles. The second kappa shape index (κ2) is 2.97. The number of rotatable bonds is 1. The van der Waals surface area contributed by atoms with Gasteiger partial charge in [0.1, 0.15) is 5.52 Å². The number of benzene rings is 1. The Labute approximate surface area is 82.5 Å². The highest BCUT2D eigenvalue weighted by molar-refractivity contribution is 5.88. The van der Waals surface area contributed by atoms with E-state index in [1.54, 1.807) is 0 Å². The van der Waals surface area contributed by atoms with Crippen LogP contribution in [0.3, 0.4) is 0 Å². The first-order valence-corrected chi connectivity index (χ1v) is 4.75. The summed E-state index contributed by atoms with van der Waals surface area (Å²) in [6, 6.07) is 0. The second-order valence-corrected chi connectivity index (χ2v) is 3.53. The summed E-state index contributed by atoms with van der Waals surface area (Å²) in [6.07, 6.45) is 0.885. The van der Waals surface area contributed by atoms with Crippen LogP contribution < -0.4 is 5.73 Å². The average Bonchev–Trinajstić information content (AvgIpc) is 2.64. The summed E-state index contributed by atoms with van der Waals surface area (Å²) in [5, 5.41) is 10.8. The molecule has 14 heavy (non-hydrogen) atoms. The van der Waals surface area contributed by atoms with Crippen LogP contribution in [0, 0.1) is 13.8 Å². The first-order valence-electron chi connectivity index (χ1n) is 4.75. The van der Waals surface area contributed by atoms with E-state index in [2.05, 4.69) is 22.3 Å². The number of hydrogen-bond acceptors (Lipinski definition) is 3. The molecule has 0 fully saturated rings. The first-order chi connectivity index (χ1) is 6.66. The monoisotopic (exact) mass is 190 g/mol. The van der Waals surface area contributed by atoms with Gasteiger partial charge < -0.3 is 5.73 Å². The van der Waals surface area contributed by atoms with Crippen LogP contribution in [-0.4, -0.2) is 15.4 Å². The Bertz CT molecular complexity index is 484. The number of hydrogen-bond donors (Lipinski definition) is 2. The molecule has 2 aromatic rings. The Morgan fingerprint density at radius 2 is 2.00 bits per heavy atom. The van der Waals surface area contributed by atoms with Gasteiger partial charge in [0.25, 0.3) is 0 Å². The van der Waals surface area contributed by atoms with Gasteiger partial charge in [-0.25, -0.2) is 0 Å². The van der Waals surface area contributed by atoms with E-state index in [1.165, 1.54) is 0 Å². The van der Waals surface area contributed by atoms with Crippen LogP contribution in [0.4, 0.5) is 5.69 Å². The lowest BCUT2D eigenvalue weighted by atomic mass is 9.99. The maximum absolute atomic E-state index is 6.04. The fourth-order valence-corrected chi connectivity index (χ4v) is 1.80. The zero-order valence-electron chi connectivity index (χ0n) is 8.68. The highest BCUT2D eigenvalue weighted by atomic mass is 15.3. The Hall–Kier alpha value is -1.58. The maximum Gasteiger partial charge on any atom is 0.118 e. The molecular formula is C10H14N4. The van der Waals surface area contributed by atoms with Crippen molar-refractivity contribution in [1.82, 2.24) is 15.4 Å². The highest BCUT2D eigenvalue weighted by Gasteiger charge is 2.13. The maximum atomic E-state index is 6.04. The Kier molecular flexibility index (Phi) is 1.91. The van der Waals surface area contributed by atoms with Gasteiger partial charge in [0.05, 0.1) is 5.52 Å². The lowest BCUT2D eigenvalue weighted by molar-refractivity contribution is 0.955. The normalized spacial score (nSPS) is 11.1. The van der Waals surface area contributed by atoms with E-state index in [9.17, 15) is 0 Å². The van der Waals surface area contributed by atoms with Crippen LogP contribution in [0.25, 0.3) is 11.0 Å². The second-order valence-electron chi connectivity index (χ2n) is 3.53. The van der Waals surface area contributed by atoms with Gasteiger partial charge in [0, 0.05) is 11.3 Å². The molecule has 0 atom stereocenters. The van der Waals surface area contributed by atoms with Crippen molar-refractivity contribution in [1.29, 1.82) is 0 Å². The molecule has 4 heteroatoms. The Morgan fingerprint density at radius 3 is 2.64 bits per heavy atom. The van der Waals surface area contributed by atoms with Crippen molar-refractivity contribution in [3.63, 3.8) is 0 Å². The summed E-state index contributed by atoms with van der Waals surface area (Å²) >= 11 is 0. The fourth-order valence-electron chi connectivity index (χ4n) is 1.80. The summed E-state index contributed by atoms with van der Waals surface area (Å²) < 4.78 is 0. The summed E-state index contributed by atoms with van der Waals surface area (Å²) in [6.45, 7) is 6.14. The molecular weight excluding hydrogens is 176 g/mol. The molecule has 0 amide bonds. The molecule has 0 aliphatic heterocycles. The quantitative estimate of drug-likeness (QED) is 0.673. The molecule has 0 radical (unpaired) electrons. The van der Waals surface area contributed by atoms with Crippen LogP contribution in [0.1, 0.15) is 23.6 Å². The molecule has 0 bridgehead atoms. The van der Waals surface area contributed by atoms with Gasteiger partial charge in [-0.3, -0.25) is 5.10 Å². The van der Waals surface area contributed by atoms with E-state index in [1.807, 2.05) is 13.8 Å². The number of nitrogens with two attached hydrogens (primary N) is 1. The zero-order chi connectivity index (χ0) is 10.3. The molecule has 0 aliphatic carbocycles. The SMILES string of the molecule is CCc1c(N)c(C)c(C)c2[nH]nnc12. The van der Waals surface area contributed by atoms with Crippen LogP contribution in [0.2, 0.25) is 0 Å². The molecule has 1 aromatic heterocycles. The summed E-state index contributed by atoms with van der Waals surface area (Å²) in [7, 11) is 0. The predicted octanol–water partition coefficient (Wildman–Crippen LogP) is 1.72. The molecule has 1 heterocycles. The first kappa shape index (κ1) is 8.99. The minimum Gasteiger partial charge on any atom is -0.398 e. The van der Waals surface area contributed by atoms with Crippen molar-refractivity contribution in [3.05, 3.63) is 16.7 Å². The third-order valence-corrected chi connectivity index (χ3v) is 2.85. The van der Waals surface area contributed by atoms with Crippen LogP contribution in [-0.2, 0) is 6.42 Å². The minimum absolute atomic E-state index is 0.853. The Morgan fingerprint density at radius 1 is 1.29 bits per heavy atom. The van der Waals surface area contributed by atoms with Crippen molar-refractivity contribution in [2.24, 2.45) is 0 Å². The van der Waals surface area contributed by atoms with Crippen LogP contribution in [0.15, 0.2) is 0 Å². The number of nitrogens with one attached hydrogen (secondary N) is 1. The van der Waals surface area contributed by atoms with Gasteiger partial charge in [-0.15, -0.1) is 5.10 Å². The van der Waals surface area contributed by atoms with E-state index in [0.717, 1.165) is 39.8 Å². The van der Waals surface area contributed by atoms with E-state index in [0.29, 0.717) is 0 Å². The topological polar surface area (TPSA) is 67.6 Å². The third kappa shape index (κ3) is 0.999. The molecule has 0 spiro atoms. The van der Waals surface area contributed by atoms with Crippen molar-refractivity contribution < 1.29 is 0 Å². The Balaban J connectivity index is 2.95. The predicted molar refractivity (Wildman–Crippen MR) is 57.2 cm³/mol. The van der Waals surface area contributed by atoms with Crippen molar-refractivity contribution in [2.45, 2.75) is 27.2 Å². The van der Waals surface area contributed by atoms with Gasteiger partial charge in [-0.2, -0.15) is 0 Å². The number of H-pyrrole nitrogens is 1. The summed E-state index contributed by atoms with van der Waals surface area (Å²) in [5.74, 6) is 0. The number of aryl methyl sites for hydroxylation is 2. The van der Waals surface area contributed by atoms with Gasteiger partial charge in [-0.05, 0) is 31.4 Å². The van der Waals surface area contributed by atoms with Gasteiger partial charge in [-0.1, -0.05) is 12.1 Å². The van der Waals surface area contributed by atoms with E-state index < -0.39 is 0 Å². The van der Waals surface area contributed by atoms with Gasteiger partial charge in [0.2, 0.25) is 0 Å². The molecule has 4 nitrogen and oxygen atoms in total. The van der Waals surface area contributed by atoms with Crippen LogP contribution in [0.5, 0.6) is 0 Å². The van der Waals surface area contributed by atoms with Crippen molar-refractivity contribution >= 4 is 16.7 Å². The van der Waals surface area contributed by atoms with E-state index in [-0.39, 0.29) is 0 Å². The standard InChI is InChI=1S/C10H14N4/c1-4-7-8(11)5(2)6(3)9-10(7)13-14-12-9/h4,11H2,1-3H3,(H,12,13,14). The number of anilines is 1. The lowest BCUT2D eigenvalue weighted by Crippen LogP contribution is -2.00. The molecule has 74 valence electrons. The lowest BCUT2D eigenvalue weighted by Gasteiger charge is -2.10. The summed E-state index contributed by atoms with van der Waals surface area (Å²) in [4.78, 5) is 0. The van der Waals surface area contributed by atoms with Crippen LogP contribution >= 0.6 is 0 Å². The largest absolute Gasteiger partial charge is 0.398 e. The van der Waals surface area contributed by atoms with E-state index in [4.69, 9.17) is 5.73 Å². The minimum atomic E-state index is 0.853. The van der Waals surface area contributed by atoms with Gasteiger partial charge >= 0.3 is 0 Å². The number of nitrogens with zero attached hydrogens (tertiary/aromatic N) is 2. The average molecular weight is 190 g/mol. The smallest absolute Gasteiger partial charge is 0.118 e.